The van der Waals surface area contributed by atoms with Crippen LogP contribution in [0, 0.1) is 0 Å². The van der Waals surface area contributed by atoms with Gasteiger partial charge in [0, 0.05) is 19.0 Å². The largest absolute Gasteiger partial charge is 0.480 e. The molecule has 7 heteroatoms. The Kier molecular flexibility index (Phi) is 6.20. The maximum atomic E-state index is 12.1. The molecule has 7 nitrogen and oxygen atoms in total. The summed E-state index contributed by atoms with van der Waals surface area (Å²) in [4.78, 5) is 36.7. The Morgan fingerprint density at radius 2 is 2.00 bits per heavy atom. The summed E-state index contributed by atoms with van der Waals surface area (Å²) in [6.07, 6.45) is 1.31. The predicted molar refractivity (Wildman–Crippen MR) is 80.4 cm³/mol. The van der Waals surface area contributed by atoms with Crippen LogP contribution in [0.5, 0.6) is 0 Å². The van der Waals surface area contributed by atoms with Crippen molar-refractivity contribution in [1.29, 1.82) is 0 Å². The van der Waals surface area contributed by atoms with Crippen LogP contribution in [0.1, 0.15) is 53.4 Å². The zero-order valence-electron chi connectivity index (χ0n) is 13.7. The lowest BCUT2D eigenvalue weighted by Gasteiger charge is -2.24. The molecule has 1 aliphatic rings. The van der Waals surface area contributed by atoms with Crippen molar-refractivity contribution in [3.63, 3.8) is 0 Å². The van der Waals surface area contributed by atoms with Crippen LogP contribution in [0.25, 0.3) is 0 Å². The number of amides is 2. The number of nitrogens with one attached hydrogen (secondary N) is 1. The van der Waals surface area contributed by atoms with Crippen LogP contribution in [0.3, 0.4) is 0 Å². The molecule has 0 aromatic heterocycles. The average Bonchev–Trinajstić information content (AvgIpc) is 2.77. The lowest BCUT2D eigenvalue weighted by molar-refractivity contribution is -0.140. The van der Waals surface area contributed by atoms with Crippen molar-refractivity contribution < 1.29 is 24.2 Å². The summed E-state index contributed by atoms with van der Waals surface area (Å²) in [7, 11) is 0. The molecule has 1 saturated heterocycles. The van der Waals surface area contributed by atoms with Crippen molar-refractivity contribution in [2.45, 2.75) is 71.1 Å². The lowest BCUT2D eigenvalue weighted by atomic mass is 10.1. The van der Waals surface area contributed by atoms with Crippen LogP contribution >= 0.6 is 0 Å². The second-order valence-corrected chi connectivity index (χ2v) is 6.65. The van der Waals surface area contributed by atoms with Crippen LogP contribution in [-0.2, 0) is 14.3 Å². The number of rotatable bonds is 5. The Balaban J connectivity index is 2.49. The first-order chi connectivity index (χ1) is 10.1. The van der Waals surface area contributed by atoms with Crippen LogP contribution < -0.4 is 5.32 Å². The van der Waals surface area contributed by atoms with Crippen molar-refractivity contribution >= 4 is 18.0 Å². The molecule has 0 aliphatic carbocycles. The highest BCUT2D eigenvalue weighted by atomic mass is 16.6. The van der Waals surface area contributed by atoms with Crippen molar-refractivity contribution in [1.82, 2.24) is 10.2 Å². The van der Waals surface area contributed by atoms with E-state index in [1.54, 1.807) is 25.7 Å². The molecule has 2 N–H and O–H groups in total. The van der Waals surface area contributed by atoms with Gasteiger partial charge in [-0.05, 0) is 47.0 Å². The number of carbonyl (C=O) groups excluding carboxylic acids is 2. The summed E-state index contributed by atoms with van der Waals surface area (Å²) in [5, 5.41) is 11.5. The van der Waals surface area contributed by atoms with Crippen molar-refractivity contribution in [3.05, 3.63) is 0 Å². The van der Waals surface area contributed by atoms with Crippen LogP contribution in [-0.4, -0.2) is 52.2 Å². The normalized spacial score (nSPS) is 19.6. The highest BCUT2D eigenvalue weighted by Crippen LogP contribution is 2.18. The number of carbonyl (C=O) groups is 3. The molecule has 22 heavy (non-hydrogen) atoms. The molecule has 1 fully saturated rings. The Morgan fingerprint density at radius 3 is 2.45 bits per heavy atom. The fraction of sp³-hybridized carbons (Fsp3) is 0.800. The third-order valence-corrected chi connectivity index (χ3v) is 3.51. The molecule has 2 atom stereocenters. The van der Waals surface area contributed by atoms with Gasteiger partial charge in [-0.25, -0.2) is 9.59 Å². The molecule has 0 spiro atoms. The Labute approximate surface area is 131 Å². The smallest absolute Gasteiger partial charge is 0.408 e. The molecule has 1 rings (SSSR count). The summed E-state index contributed by atoms with van der Waals surface area (Å²) < 4.78 is 5.03. The van der Waals surface area contributed by atoms with Gasteiger partial charge >= 0.3 is 12.1 Å². The van der Waals surface area contributed by atoms with Crippen LogP contribution in [0.4, 0.5) is 4.79 Å². The summed E-state index contributed by atoms with van der Waals surface area (Å²) >= 11 is 0. The monoisotopic (exact) mass is 314 g/mol. The molecule has 0 aromatic rings. The van der Waals surface area contributed by atoms with Gasteiger partial charge in [0.1, 0.15) is 11.6 Å². The van der Waals surface area contributed by atoms with E-state index in [4.69, 9.17) is 9.84 Å². The maximum absolute atomic E-state index is 12.1. The average molecular weight is 314 g/mol. The first-order valence-corrected chi connectivity index (χ1v) is 7.62. The Morgan fingerprint density at radius 1 is 1.36 bits per heavy atom. The quantitative estimate of drug-likeness (QED) is 0.806. The molecule has 0 aromatic carbocycles. The van der Waals surface area contributed by atoms with E-state index in [1.807, 2.05) is 6.92 Å². The Hall–Kier alpha value is -1.79. The van der Waals surface area contributed by atoms with Gasteiger partial charge in [-0.3, -0.25) is 4.79 Å². The second kappa shape index (κ2) is 7.47. The highest BCUT2D eigenvalue weighted by Gasteiger charge is 2.28. The third kappa shape index (κ3) is 5.91. The van der Waals surface area contributed by atoms with E-state index in [9.17, 15) is 14.4 Å². The zero-order chi connectivity index (χ0) is 16.9. The predicted octanol–water partition coefficient (Wildman–Crippen LogP) is 1.76. The highest BCUT2D eigenvalue weighted by molar-refractivity contribution is 5.82. The van der Waals surface area contributed by atoms with E-state index in [0.717, 1.165) is 19.4 Å². The molecule has 2 amide bonds. The van der Waals surface area contributed by atoms with Crippen LogP contribution in [0.15, 0.2) is 0 Å². The van der Waals surface area contributed by atoms with Gasteiger partial charge in [-0.1, -0.05) is 0 Å². The number of ether oxygens (including phenoxy) is 1. The van der Waals surface area contributed by atoms with E-state index >= 15 is 0 Å². The van der Waals surface area contributed by atoms with Gasteiger partial charge in [-0.15, -0.1) is 0 Å². The van der Waals surface area contributed by atoms with Gasteiger partial charge in [0.2, 0.25) is 5.91 Å². The fourth-order valence-electron chi connectivity index (χ4n) is 2.42. The van der Waals surface area contributed by atoms with E-state index in [-0.39, 0.29) is 24.8 Å². The van der Waals surface area contributed by atoms with Gasteiger partial charge in [0.05, 0.1) is 0 Å². The van der Waals surface area contributed by atoms with Gasteiger partial charge < -0.3 is 20.1 Å². The van der Waals surface area contributed by atoms with E-state index in [1.165, 1.54) is 0 Å². The second-order valence-electron chi connectivity index (χ2n) is 6.65. The number of hydrogen-bond acceptors (Lipinski definition) is 4. The SMILES string of the molecule is CC1CCCN1C(=O)CCC(NC(=O)OC(C)(C)C)C(=O)O. The topological polar surface area (TPSA) is 95.9 Å². The van der Waals surface area contributed by atoms with Crippen molar-refractivity contribution in [2.24, 2.45) is 0 Å². The summed E-state index contributed by atoms with van der Waals surface area (Å²) in [6, 6.07) is -0.925. The maximum Gasteiger partial charge on any atom is 0.408 e. The van der Waals surface area contributed by atoms with E-state index in [0.29, 0.717) is 0 Å². The summed E-state index contributed by atoms with van der Waals surface area (Å²) in [5.74, 6) is -1.24. The zero-order valence-corrected chi connectivity index (χ0v) is 13.7. The molecule has 126 valence electrons. The third-order valence-electron chi connectivity index (χ3n) is 3.51. The van der Waals surface area contributed by atoms with Crippen LogP contribution in [0.2, 0.25) is 0 Å². The minimum Gasteiger partial charge on any atom is -0.480 e. The van der Waals surface area contributed by atoms with E-state index in [2.05, 4.69) is 5.32 Å². The van der Waals surface area contributed by atoms with Gasteiger partial charge in [0.25, 0.3) is 0 Å². The molecule has 0 saturated carbocycles. The minimum atomic E-state index is -1.17. The summed E-state index contributed by atoms with van der Waals surface area (Å²) in [6.45, 7) is 7.79. The summed E-state index contributed by atoms with van der Waals surface area (Å²) in [5.41, 5.74) is -0.700. The molecular formula is C15H26N2O5. The number of carboxylic acid groups (broad SMARTS) is 1. The molecular weight excluding hydrogens is 288 g/mol. The molecule has 2 unspecified atom stereocenters. The first kappa shape index (κ1) is 18.3. The number of alkyl carbamates (subject to hydrolysis) is 1. The van der Waals surface area contributed by atoms with Gasteiger partial charge in [-0.2, -0.15) is 0 Å². The number of hydrogen-bond donors (Lipinski definition) is 2. The number of carboxylic acids is 1. The fourth-order valence-corrected chi connectivity index (χ4v) is 2.42. The minimum absolute atomic E-state index is 0.0522. The first-order valence-electron chi connectivity index (χ1n) is 7.62. The standard InChI is InChI=1S/C15H26N2O5/c1-10-6-5-9-17(10)12(18)8-7-11(13(19)20)16-14(21)22-15(2,3)4/h10-11H,5-9H2,1-4H3,(H,16,21)(H,19,20). The number of nitrogens with zero attached hydrogens (tertiary/aromatic N) is 1. The molecule has 1 aliphatic heterocycles. The van der Waals surface area contributed by atoms with E-state index < -0.39 is 23.7 Å². The molecule has 0 radical (unpaired) electrons. The molecule has 1 heterocycles. The van der Waals surface area contributed by atoms with Crippen molar-refractivity contribution in [2.75, 3.05) is 6.54 Å². The number of likely N-dealkylation sites (tertiary alicyclic amines) is 1. The molecule has 0 bridgehead atoms. The number of aliphatic carboxylic acids is 1. The van der Waals surface area contributed by atoms with Crippen molar-refractivity contribution in [3.8, 4) is 0 Å². The lowest BCUT2D eigenvalue weighted by Crippen LogP contribution is -2.44. The van der Waals surface area contributed by atoms with Gasteiger partial charge in [0.15, 0.2) is 0 Å². The Bertz CT molecular complexity index is 430.